The van der Waals surface area contributed by atoms with E-state index in [9.17, 15) is 4.79 Å². The zero-order valence-corrected chi connectivity index (χ0v) is 16.9. The number of hydrogen-bond acceptors (Lipinski definition) is 3. The molecule has 0 fully saturated rings. The lowest BCUT2D eigenvalue weighted by Gasteiger charge is -2.08. The second kappa shape index (κ2) is 8.02. The van der Waals surface area contributed by atoms with Crippen LogP contribution in [-0.2, 0) is 11.2 Å². The summed E-state index contributed by atoms with van der Waals surface area (Å²) in [6, 6.07) is 18.7. The van der Waals surface area contributed by atoms with Crippen molar-refractivity contribution in [2.24, 2.45) is 0 Å². The Labute approximate surface area is 174 Å². The molecule has 4 nitrogen and oxygen atoms in total. The van der Waals surface area contributed by atoms with Crippen molar-refractivity contribution in [3.05, 3.63) is 88.6 Å². The van der Waals surface area contributed by atoms with E-state index in [1.807, 2.05) is 74.5 Å². The Morgan fingerprint density at radius 1 is 1.03 bits per heavy atom. The van der Waals surface area contributed by atoms with Crippen LogP contribution in [0.3, 0.4) is 0 Å². The van der Waals surface area contributed by atoms with Crippen LogP contribution in [0, 0.1) is 13.8 Å². The lowest BCUT2D eigenvalue weighted by Crippen LogP contribution is -2.14. The molecule has 0 bridgehead atoms. The average molecular weight is 406 g/mol. The summed E-state index contributed by atoms with van der Waals surface area (Å²) in [6.07, 6.45) is 1.83. The third-order valence-electron chi connectivity index (χ3n) is 4.76. The highest BCUT2D eigenvalue weighted by atomic mass is 35.5. The fourth-order valence-corrected chi connectivity index (χ4v) is 3.50. The summed E-state index contributed by atoms with van der Waals surface area (Å²) >= 11 is 6.37. The summed E-state index contributed by atoms with van der Waals surface area (Å²) in [5.74, 6) is 1.34. The third-order valence-corrected chi connectivity index (χ3v) is 5.34. The number of ether oxygens (including phenoxy) is 1. The molecule has 4 aromatic rings. The molecule has 0 saturated heterocycles. The normalized spacial score (nSPS) is 10.9. The summed E-state index contributed by atoms with van der Waals surface area (Å²) in [4.78, 5) is 12.5. The lowest BCUT2D eigenvalue weighted by atomic mass is 10.0. The Hall–Kier alpha value is -3.24. The molecule has 0 spiro atoms. The smallest absolute Gasteiger partial charge is 0.228 e. The minimum atomic E-state index is -0.125. The third kappa shape index (κ3) is 4.13. The summed E-state index contributed by atoms with van der Waals surface area (Å²) < 4.78 is 11.4. The number of anilines is 1. The minimum absolute atomic E-state index is 0.125. The first-order valence-corrected chi connectivity index (χ1v) is 9.67. The fraction of sp³-hybridized carbons (Fsp3) is 0.125. The topological polar surface area (TPSA) is 51.5 Å². The van der Waals surface area contributed by atoms with E-state index in [1.54, 1.807) is 6.26 Å². The Kier molecular flexibility index (Phi) is 5.28. The second-order valence-electron chi connectivity index (χ2n) is 6.93. The highest BCUT2D eigenvalue weighted by molar-refractivity contribution is 6.33. The van der Waals surface area contributed by atoms with Gasteiger partial charge < -0.3 is 14.5 Å². The number of benzene rings is 3. The molecule has 0 atom stereocenters. The van der Waals surface area contributed by atoms with Gasteiger partial charge in [0.15, 0.2) is 0 Å². The maximum Gasteiger partial charge on any atom is 0.228 e. The molecule has 0 unspecified atom stereocenters. The van der Waals surface area contributed by atoms with Crippen LogP contribution in [0.15, 0.2) is 71.3 Å². The molecule has 0 aliphatic heterocycles. The Morgan fingerprint density at radius 2 is 1.72 bits per heavy atom. The fourth-order valence-electron chi connectivity index (χ4n) is 3.35. The molecule has 1 amide bonds. The van der Waals surface area contributed by atoms with Crippen molar-refractivity contribution in [3.63, 3.8) is 0 Å². The first kappa shape index (κ1) is 19.1. The van der Waals surface area contributed by atoms with Crippen LogP contribution in [0.25, 0.3) is 11.0 Å². The quantitative estimate of drug-likeness (QED) is 0.403. The van der Waals surface area contributed by atoms with Gasteiger partial charge in [0.25, 0.3) is 0 Å². The number of hydrogen-bond donors (Lipinski definition) is 1. The van der Waals surface area contributed by atoms with Gasteiger partial charge >= 0.3 is 0 Å². The van der Waals surface area contributed by atoms with Gasteiger partial charge in [0.2, 0.25) is 5.91 Å². The first-order chi connectivity index (χ1) is 14.0. The van der Waals surface area contributed by atoms with Gasteiger partial charge in [0, 0.05) is 21.7 Å². The Morgan fingerprint density at radius 3 is 2.45 bits per heavy atom. The molecule has 0 aliphatic carbocycles. The van der Waals surface area contributed by atoms with Crippen LogP contribution in [0.1, 0.15) is 16.7 Å². The van der Waals surface area contributed by atoms with Crippen LogP contribution in [0.4, 0.5) is 5.69 Å². The molecule has 1 heterocycles. The van der Waals surface area contributed by atoms with Gasteiger partial charge in [-0.25, -0.2) is 0 Å². The average Bonchev–Trinajstić information content (AvgIpc) is 3.10. The number of nitrogens with one attached hydrogen (secondary N) is 1. The van der Waals surface area contributed by atoms with E-state index in [0.29, 0.717) is 16.5 Å². The summed E-state index contributed by atoms with van der Waals surface area (Å²) in [7, 11) is 0. The number of halogens is 1. The number of furan rings is 1. The molecule has 4 rings (SSSR count). The summed E-state index contributed by atoms with van der Waals surface area (Å²) in [5.41, 5.74) is 4.16. The molecule has 146 valence electrons. The molecule has 1 aromatic heterocycles. The van der Waals surface area contributed by atoms with Crippen LogP contribution in [-0.4, -0.2) is 5.91 Å². The Bertz CT molecular complexity index is 1160. The molecule has 29 heavy (non-hydrogen) atoms. The first-order valence-electron chi connectivity index (χ1n) is 9.30. The van der Waals surface area contributed by atoms with Crippen LogP contribution < -0.4 is 10.1 Å². The standard InChI is InChI=1S/C24H20ClNO3/c1-15-12-21-23(16(2)24(15)25)17(14-28-21)13-22(27)26-18-8-10-20(11-9-18)29-19-6-4-3-5-7-19/h3-12,14H,13H2,1-2H3,(H,26,27). The SMILES string of the molecule is Cc1cc2occ(CC(=O)Nc3ccc(Oc4ccccc4)cc3)c2c(C)c1Cl. The summed E-state index contributed by atoms with van der Waals surface area (Å²) in [5, 5.41) is 4.52. The molecule has 0 radical (unpaired) electrons. The molecule has 3 aromatic carbocycles. The maximum atomic E-state index is 12.5. The van der Waals surface area contributed by atoms with Crippen LogP contribution in [0.2, 0.25) is 5.02 Å². The van der Waals surface area contributed by atoms with Gasteiger partial charge in [0.1, 0.15) is 17.1 Å². The predicted molar refractivity (Wildman–Crippen MR) is 116 cm³/mol. The van der Waals surface area contributed by atoms with Gasteiger partial charge in [-0.05, 0) is 67.4 Å². The van der Waals surface area contributed by atoms with E-state index in [2.05, 4.69) is 5.32 Å². The summed E-state index contributed by atoms with van der Waals surface area (Å²) in [6.45, 7) is 3.88. The second-order valence-corrected chi connectivity index (χ2v) is 7.31. The highest BCUT2D eigenvalue weighted by Gasteiger charge is 2.16. The van der Waals surface area contributed by atoms with E-state index < -0.39 is 0 Å². The molecule has 1 N–H and O–H groups in total. The van der Waals surface area contributed by atoms with Crippen LogP contribution >= 0.6 is 11.6 Å². The lowest BCUT2D eigenvalue weighted by molar-refractivity contribution is -0.115. The van der Waals surface area contributed by atoms with E-state index in [-0.39, 0.29) is 12.3 Å². The van der Waals surface area contributed by atoms with Crippen molar-refractivity contribution in [3.8, 4) is 11.5 Å². The number of carbonyl (C=O) groups excluding carboxylic acids is 1. The monoisotopic (exact) mass is 405 g/mol. The van der Waals surface area contributed by atoms with Crippen LogP contribution in [0.5, 0.6) is 11.5 Å². The molecular formula is C24H20ClNO3. The number of aryl methyl sites for hydroxylation is 2. The highest BCUT2D eigenvalue weighted by Crippen LogP contribution is 2.33. The number of rotatable bonds is 5. The molecular weight excluding hydrogens is 386 g/mol. The minimum Gasteiger partial charge on any atom is -0.464 e. The van der Waals surface area contributed by atoms with Crippen molar-refractivity contribution in [2.45, 2.75) is 20.3 Å². The zero-order valence-electron chi connectivity index (χ0n) is 16.2. The Balaban J connectivity index is 1.45. The van der Waals surface area contributed by atoms with E-state index in [4.69, 9.17) is 20.8 Å². The van der Waals surface area contributed by atoms with Crippen molar-refractivity contribution < 1.29 is 13.9 Å². The maximum absolute atomic E-state index is 12.5. The van der Waals surface area contributed by atoms with Crippen molar-refractivity contribution >= 4 is 34.2 Å². The number of para-hydroxylation sites is 1. The van der Waals surface area contributed by atoms with E-state index in [0.717, 1.165) is 33.4 Å². The number of carbonyl (C=O) groups is 1. The van der Waals surface area contributed by atoms with Gasteiger partial charge in [-0.1, -0.05) is 29.8 Å². The number of fused-ring (bicyclic) bond motifs is 1. The predicted octanol–water partition coefficient (Wildman–Crippen LogP) is 6.68. The zero-order chi connectivity index (χ0) is 20.4. The van der Waals surface area contributed by atoms with Gasteiger partial charge in [0.05, 0.1) is 12.7 Å². The van der Waals surface area contributed by atoms with Gasteiger partial charge in [-0.3, -0.25) is 4.79 Å². The van der Waals surface area contributed by atoms with Gasteiger partial charge in [-0.15, -0.1) is 0 Å². The van der Waals surface area contributed by atoms with Gasteiger partial charge in [-0.2, -0.15) is 0 Å². The van der Waals surface area contributed by atoms with E-state index >= 15 is 0 Å². The molecule has 0 saturated carbocycles. The molecule has 0 aliphatic rings. The van der Waals surface area contributed by atoms with Crippen molar-refractivity contribution in [1.29, 1.82) is 0 Å². The largest absolute Gasteiger partial charge is 0.464 e. The van der Waals surface area contributed by atoms with Crippen molar-refractivity contribution in [2.75, 3.05) is 5.32 Å². The number of amides is 1. The molecule has 5 heteroatoms. The van der Waals surface area contributed by atoms with Crippen molar-refractivity contribution in [1.82, 2.24) is 0 Å². The van der Waals surface area contributed by atoms with E-state index in [1.165, 1.54) is 0 Å².